The first-order valence-corrected chi connectivity index (χ1v) is 6.56. The van der Waals surface area contributed by atoms with Gasteiger partial charge in [-0.15, -0.1) is 6.42 Å². The summed E-state index contributed by atoms with van der Waals surface area (Å²) >= 11 is 0. The average molecular weight is 253 g/mol. The minimum Gasteiger partial charge on any atom is -0.299 e. The fourth-order valence-electron chi connectivity index (χ4n) is 1.92. The van der Waals surface area contributed by atoms with Gasteiger partial charge in [0.15, 0.2) is 0 Å². The summed E-state index contributed by atoms with van der Waals surface area (Å²) < 4.78 is 1.95. The van der Waals surface area contributed by atoms with E-state index in [4.69, 9.17) is 6.42 Å². The predicted octanol–water partition coefficient (Wildman–Crippen LogP) is 2.43. The van der Waals surface area contributed by atoms with E-state index in [1.165, 1.54) is 5.56 Å². The van der Waals surface area contributed by atoms with Gasteiger partial charge in [-0.05, 0) is 12.0 Å². The van der Waals surface area contributed by atoms with Crippen molar-refractivity contribution in [3.8, 4) is 12.3 Å². The third-order valence-corrected chi connectivity index (χ3v) is 3.04. The molecule has 0 saturated carbocycles. The van der Waals surface area contributed by atoms with Crippen molar-refractivity contribution < 1.29 is 0 Å². The number of hydrogen-bond donors (Lipinski definition) is 1. The van der Waals surface area contributed by atoms with Crippen molar-refractivity contribution in [1.29, 1.82) is 0 Å². The molecule has 0 amide bonds. The summed E-state index contributed by atoms with van der Waals surface area (Å²) in [6, 6.07) is 10.4. The molecule has 0 fully saturated rings. The molecular weight excluding hydrogens is 234 g/mol. The molecule has 2 rings (SSSR count). The Morgan fingerprint density at radius 3 is 2.79 bits per heavy atom. The molecule has 3 heteroatoms. The zero-order valence-electron chi connectivity index (χ0n) is 11.2. The first-order valence-electron chi connectivity index (χ1n) is 6.56. The molecule has 0 radical (unpaired) electrons. The lowest BCUT2D eigenvalue weighted by Crippen LogP contribution is -2.25. The van der Waals surface area contributed by atoms with Gasteiger partial charge in [0.05, 0.1) is 18.8 Å². The van der Waals surface area contributed by atoms with Crippen LogP contribution < -0.4 is 5.32 Å². The molecule has 0 aliphatic rings. The van der Waals surface area contributed by atoms with Crippen LogP contribution in [0.1, 0.15) is 24.5 Å². The Labute approximate surface area is 114 Å². The summed E-state index contributed by atoms with van der Waals surface area (Å²) in [6.45, 7) is 3.64. The lowest BCUT2D eigenvalue weighted by Gasteiger charge is -2.08. The second-order valence-corrected chi connectivity index (χ2v) is 4.54. The van der Waals surface area contributed by atoms with Crippen LogP contribution in [0.4, 0.5) is 0 Å². The number of rotatable bonds is 6. The van der Waals surface area contributed by atoms with Crippen LogP contribution in [0.3, 0.4) is 0 Å². The highest BCUT2D eigenvalue weighted by atomic mass is 15.3. The molecule has 1 unspecified atom stereocenters. The Morgan fingerprint density at radius 1 is 1.32 bits per heavy atom. The van der Waals surface area contributed by atoms with Crippen molar-refractivity contribution in [2.75, 3.05) is 0 Å². The van der Waals surface area contributed by atoms with Crippen molar-refractivity contribution >= 4 is 0 Å². The second kappa shape index (κ2) is 6.77. The van der Waals surface area contributed by atoms with E-state index in [9.17, 15) is 0 Å². The van der Waals surface area contributed by atoms with E-state index in [0.717, 1.165) is 25.1 Å². The Bertz CT molecular complexity index is 537. The SMILES string of the molecule is C#CC(CC)NCc1cnn(Cc2ccccc2)c1. The molecule has 0 bridgehead atoms. The van der Waals surface area contributed by atoms with Crippen LogP contribution in [0.5, 0.6) is 0 Å². The normalized spacial score (nSPS) is 12.0. The van der Waals surface area contributed by atoms with E-state index < -0.39 is 0 Å². The number of benzene rings is 1. The molecule has 2 aromatic rings. The van der Waals surface area contributed by atoms with E-state index in [1.54, 1.807) is 0 Å². The van der Waals surface area contributed by atoms with Gasteiger partial charge in [0.2, 0.25) is 0 Å². The topological polar surface area (TPSA) is 29.9 Å². The molecule has 0 saturated heterocycles. The lowest BCUT2D eigenvalue weighted by atomic mass is 10.2. The van der Waals surface area contributed by atoms with Gasteiger partial charge in [0.25, 0.3) is 0 Å². The lowest BCUT2D eigenvalue weighted by molar-refractivity contribution is 0.592. The van der Waals surface area contributed by atoms with Gasteiger partial charge in [-0.2, -0.15) is 5.10 Å². The highest BCUT2D eigenvalue weighted by Crippen LogP contribution is 2.04. The summed E-state index contributed by atoms with van der Waals surface area (Å²) in [7, 11) is 0. The van der Waals surface area contributed by atoms with Gasteiger partial charge >= 0.3 is 0 Å². The van der Waals surface area contributed by atoms with Gasteiger partial charge in [0, 0.05) is 18.3 Å². The Hall–Kier alpha value is -2.05. The monoisotopic (exact) mass is 253 g/mol. The molecule has 1 heterocycles. The number of nitrogens with one attached hydrogen (secondary N) is 1. The molecule has 0 spiro atoms. The zero-order valence-corrected chi connectivity index (χ0v) is 11.2. The van der Waals surface area contributed by atoms with E-state index in [-0.39, 0.29) is 6.04 Å². The van der Waals surface area contributed by atoms with Crippen molar-refractivity contribution in [2.45, 2.75) is 32.5 Å². The summed E-state index contributed by atoms with van der Waals surface area (Å²) in [5.74, 6) is 2.73. The summed E-state index contributed by atoms with van der Waals surface area (Å²) in [5.41, 5.74) is 2.41. The van der Waals surface area contributed by atoms with Crippen molar-refractivity contribution in [1.82, 2.24) is 15.1 Å². The predicted molar refractivity (Wildman–Crippen MR) is 77.5 cm³/mol. The van der Waals surface area contributed by atoms with Gasteiger partial charge in [0.1, 0.15) is 0 Å². The van der Waals surface area contributed by atoms with E-state index in [0.29, 0.717) is 0 Å². The Kier molecular flexibility index (Phi) is 4.77. The molecule has 0 aliphatic heterocycles. The van der Waals surface area contributed by atoms with E-state index >= 15 is 0 Å². The fourth-order valence-corrected chi connectivity index (χ4v) is 1.92. The first-order chi connectivity index (χ1) is 9.31. The Morgan fingerprint density at radius 2 is 2.11 bits per heavy atom. The van der Waals surface area contributed by atoms with Crippen LogP contribution >= 0.6 is 0 Å². The molecule has 1 N–H and O–H groups in total. The molecule has 3 nitrogen and oxygen atoms in total. The van der Waals surface area contributed by atoms with Crippen LogP contribution in [0.25, 0.3) is 0 Å². The number of aromatic nitrogens is 2. The minimum atomic E-state index is 0.137. The second-order valence-electron chi connectivity index (χ2n) is 4.54. The number of terminal acetylenes is 1. The maximum atomic E-state index is 5.42. The summed E-state index contributed by atoms with van der Waals surface area (Å²) in [4.78, 5) is 0. The maximum Gasteiger partial charge on any atom is 0.0686 e. The zero-order chi connectivity index (χ0) is 13.5. The third kappa shape index (κ3) is 3.97. The summed E-state index contributed by atoms with van der Waals surface area (Å²) in [6.07, 6.45) is 10.3. The van der Waals surface area contributed by atoms with Gasteiger partial charge in [-0.25, -0.2) is 0 Å². The average Bonchev–Trinajstić information content (AvgIpc) is 2.89. The minimum absolute atomic E-state index is 0.137. The van der Waals surface area contributed by atoms with Crippen molar-refractivity contribution in [2.24, 2.45) is 0 Å². The van der Waals surface area contributed by atoms with Crippen LogP contribution in [-0.4, -0.2) is 15.8 Å². The highest BCUT2D eigenvalue weighted by Gasteiger charge is 2.03. The molecule has 98 valence electrons. The van der Waals surface area contributed by atoms with Crippen LogP contribution in [-0.2, 0) is 13.1 Å². The molecule has 19 heavy (non-hydrogen) atoms. The number of hydrogen-bond acceptors (Lipinski definition) is 2. The van der Waals surface area contributed by atoms with Crippen LogP contribution in [0.2, 0.25) is 0 Å². The molecule has 0 aliphatic carbocycles. The van der Waals surface area contributed by atoms with E-state index in [2.05, 4.69) is 41.6 Å². The Balaban J connectivity index is 1.91. The van der Waals surface area contributed by atoms with Gasteiger partial charge in [-0.3, -0.25) is 10.00 Å². The largest absolute Gasteiger partial charge is 0.299 e. The standard InChI is InChI=1S/C16H19N3/c1-3-16(4-2)17-10-15-11-18-19(13-15)12-14-8-6-5-7-9-14/h1,5-9,11,13,16-17H,4,10,12H2,2H3. The van der Waals surface area contributed by atoms with Crippen molar-refractivity contribution in [3.05, 3.63) is 53.9 Å². The first kappa shape index (κ1) is 13.4. The van der Waals surface area contributed by atoms with Crippen LogP contribution in [0.15, 0.2) is 42.7 Å². The maximum absolute atomic E-state index is 5.42. The molecule has 1 atom stereocenters. The van der Waals surface area contributed by atoms with Crippen LogP contribution in [0, 0.1) is 12.3 Å². The number of nitrogens with zero attached hydrogens (tertiary/aromatic N) is 2. The highest BCUT2D eigenvalue weighted by molar-refractivity contribution is 5.15. The quantitative estimate of drug-likeness (QED) is 0.801. The third-order valence-electron chi connectivity index (χ3n) is 3.04. The molecule has 1 aromatic heterocycles. The smallest absolute Gasteiger partial charge is 0.0686 e. The molecule has 1 aromatic carbocycles. The van der Waals surface area contributed by atoms with Gasteiger partial charge < -0.3 is 0 Å². The summed E-state index contributed by atoms with van der Waals surface area (Å²) in [5, 5.41) is 7.69. The molecular formula is C16H19N3. The fraction of sp³-hybridized carbons (Fsp3) is 0.312. The van der Waals surface area contributed by atoms with Gasteiger partial charge in [-0.1, -0.05) is 43.2 Å². The van der Waals surface area contributed by atoms with Crippen molar-refractivity contribution in [3.63, 3.8) is 0 Å². The van der Waals surface area contributed by atoms with E-state index in [1.807, 2.05) is 29.1 Å².